The highest BCUT2D eigenvalue weighted by molar-refractivity contribution is 7.88. The minimum atomic E-state index is -0.817. The van der Waals surface area contributed by atoms with Crippen molar-refractivity contribution in [2.45, 2.75) is 77.7 Å². The van der Waals surface area contributed by atoms with Gasteiger partial charge in [0.05, 0.1) is 6.10 Å². The Hall–Kier alpha value is -0.190. The van der Waals surface area contributed by atoms with Gasteiger partial charge < -0.3 is 10.8 Å². The van der Waals surface area contributed by atoms with Crippen LogP contribution in [0.3, 0.4) is 0 Å². The molecule has 3 N–H and O–H groups in total. The number of fused-ring (bicyclic) bond motifs is 5. The summed E-state index contributed by atoms with van der Waals surface area (Å²) >= 11 is 0. The highest BCUT2D eigenvalue weighted by Crippen LogP contribution is 2.65. The van der Waals surface area contributed by atoms with Gasteiger partial charge in [0.25, 0.3) is 0 Å². The Labute approximate surface area is 161 Å². The Bertz CT molecular complexity index is 605. The summed E-state index contributed by atoms with van der Waals surface area (Å²) in [7, 11) is -0.817. The number of hydrogen-bond acceptors (Lipinski definition) is 3. The van der Waals surface area contributed by atoms with E-state index in [1.54, 1.807) is 0 Å². The van der Waals surface area contributed by atoms with E-state index in [9.17, 15) is 9.32 Å². The second-order valence-electron chi connectivity index (χ2n) is 10.0. The third-order valence-electron chi connectivity index (χ3n) is 9.02. The Morgan fingerprint density at radius 1 is 1.12 bits per heavy atom. The number of aliphatic hydroxyl groups is 1. The van der Waals surface area contributed by atoms with Gasteiger partial charge in [0.2, 0.25) is 0 Å². The summed E-state index contributed by atoms with van der Waals surface area (Å²) in [5, 5.41) is 10.6. The second kappa shape index (κ2) is 7.00. The molecule has 4 aliphatic rings. The largest absolute Gasteiger partial charge is 0.393 e. The van der Waals surface area contributed by atoms with Gasteiger partial charge >= 0.3 is 0 Å². The van der Waals surface area contributed by atoms with Gasteiger partial charge in [-0.05, 0) is 98.8 Å². The third-order valence-corrected chi connectivity index (χ3v) is 10.6. The number of nitrogens with two attached hydrogens (primary N) is 1. The molecule has 0 heterocycles. The van der Waals surface area contributed by atoms with Crippen LogP contribution in [0.25, 0.3) is 0 Å². The van der Waals surface area contributed by atoms with Crippen molar-refractivity contribution < 1.29 is 9.32 Å². The Morgan fingerprint density at radius 3 is 2.65 bits per heavy atom. The van der Waals surface area contributed by atoms with Crippen LogP contribution < -0.4 is 5.73 Å². The third kappa shape index (κ3) is 2.86. The average molecular weight is 380 g/mol. The van der Waals surface area contributed by atoms with Crippen LogP contribution >= 0.6 is 0 Å². The van der Waals surface area contributed by atoms with E-state index < -0.39 is 10.8 Å². The standard InChI is InChI=1S/C22H37NO2S/c1-21-10-8-16(26(25)13-3-12-23)14-15(21)4-5-17-18-6-7-20(24)22(18,2)11-9-19(17)21/h14-15,17-20,24H,3-13,23H2,1-2H3. The molecule has 4 aliphatic carbocycles. The fourth-order valence-corrected chi connectivity index (χ4v) is 8.67. The molecule has 0 aromatic carbocycles. The van der Waals surface area contributed by atoms with Crippen LogP contribution in [0.2, 0.25) is 0 Å². The smallest absolute Gasteiger partial charge is 0.0596 e. The summed E-state index contributed by atoms with van der Waals surface area (Å²) in [5.74, 6) is 3.64. The van der Waals surface area contributed by atoms with Crippen molar-refractivity contribution in [2.75, 3.05) is 12.3 Å². The topological polar surface area (TPSA) is 63.3 Å². The molecule has 8 atom stereocenters. The van der Waals surface area contributed by atoms with E-state index in [2.05, 4.69) is 19.9 Å². The van der Waals surface area contributed by atoms with E-state index in [0.29, 0.717) is 17.9 Å². The molecule has 8 unspecified atom stereocenters. The first-order valence-electron chi connectivity index (χ1n) is 10.9. The number of rotatable bonds is 4. The van der Waals surface area contributed by atoms with Crippen LogP contribution in [0.15, 0.2) is 11.0 Å². The summed E-state index contributed by atoms with van der Waals surface area (Å²) < 4.78 is 12.6. The zero-order valence-corrected chi connectivity index (χ0v) is 17.4. The molecule has 148 valence electrons. The summed E-state index contributed by atoms with van der Waals surface area (Å²) in [6, 6.07) is 0. The fourth-order valence-electron chi connectivity index (χ4n) is 7.34. The highest BCUT2D eigenvalue weighted by atomic mass is 32.2. The van der Waals surface area contributed by atoms with Crippen LogP contribution in [0.5, 0.6) is 0 Å². The fraction of sp³-hybridized carbons (Fsp3) is 0.909. The highest BCUT2D eigenvalue weighted by Gasteiger charge is 2.59. The molecule has 0 spiro atoms. The molecule has 0 radical (unpaired) electrons. The molecular formula is C22H37NO2S. The summed E-state index contributed by atoms with van der Waals surface area (Å²) in [4.78, 5) is 1.20. The van der Waals surface area contributed by atoms with Crippen molar-refractivity contribution in [3.05, 3.63) is 11.0 Å². The lowest BCUT2D eigenvalue weighted by atomic mass is 9.46. The van der Waals surface area contributed by atoms with Crippen molar-refractivity contribution in [2.24, 2.45) is 40.2 Å². The number of aliphatic hydroxyl groups excluding tert-OH is 1. The average Bonchev–Trinajstić information content (AvgIpc) is 2.94. The molecule has 4 rings (SSSR count). The van der Waals surface area contributed by atoms with Crippen molar-refractivity contribution in [1.29, 1.82) is 0 Å². The quantitative estimate of drug-likeness (QED) is 0.776. The van der Waals surface area contributed by atoms with Crippen molar-refractivity contribution in [3.63, 3.8) is 0 Å². The van der Waals surface area contributed by atoms with Crippen LogP contribution in [-0.4, -0.2) is 27.7 Å². The molecule has 0 bridgehead atoms. The van der Waals surface area contributed by atoms with E-state index in [1.165, 1.54) is 43.4 Å². The zero-order valence-electron chi connectivity index (χ0n) is 16.6. The first-order chi connectivity index (χ1) is 12.4. The maximum absolute atomic E-state index is 12.6. The molecule has 3 fully saturated rings. The van der Waals surface area contributed by atoms with Gasteiger partial charge in [-0.25, -0.2) is 0 Å². The number of allylic oxidation sites excluding steroid dienone is 2. The van der Waals surface area contributed by atoms with Crippen molar-refractivity contribution in [1.82, 2.24) is 0 Å². The summed E-state index contributed by atoms with van der Waals surface area (Å²) in [6.07, 6.45) is 12.7. The lowest BCUT2D eigenvalue weighted by molar-refractivity contribution is -0.104. The van der Waals surface area contributed by atoms with E-state index in [4.69, 9.17) is 5.73 Å². The predicted molar refractivity (Wildman–Crippen MR) is 108 cm³/mol. The zero-order chi connectivity index (χ0) is 18.5. The van der Waals surface area contributed by atoms with Crippen molar-refractivity contribution >= 4 is 10.8 Å². The molecule has 0 aromatic heterocycles. The Balaban J connectivity index is 1.54. The number of hydrogen-bond donors (Lipinski definition) is 2. The predicted octanol–water partition coefficient (Wildman–Crippen LogP) is 3.98. The molecule has 3 nitrogen and oxygen atoms in total. The summed E-state index contributed by atoms with van der Waals surface area (Å²) in [6.45, 7) is 5.52. The van der Waals surface area contributed by atoms with Crippen LogP contribution in [0.4, 0.5) is 0 Å². The van der Waals surface area contributed by atoms with E-state index in [0.717, 1.165) is 42.8 Å². The van der Waals surface area contributed by atoms with Gasteiger partial charge in [-0.2, -0.15) is 0 Å². The first-order valence-corrected chi connectivity index (χ1v) is 12.2. The molecule has 4 heteroatoms. The molecule has 0 aliphatic heterocycles. The SMILES string of the molecule is CC12CCC3C(CCC4C=C(S(=O)CCCN)CCC43C)C1CCC2O. The van der Waals surface area contributed by atoms with E-state index in [-0.39, 0.29) is 11.5 Å². The lowest BCUT2D eigenvalue weighted by Gasteiger charge is -2.59. The monoisotopic (exact) mass is 379 g/mol. The van der Waals surface area contributed by atoms with Crippen LogP contribution in [0, 0.1) is 34.5 Å². The molecule has 3 saturated carbocycles. The summed E-state index contributed by atoms with van der Waals surface area (Å²) in [5.41, 5.74) is 6.14. The normalized spacial score (nSPS) is 48.9. The molecule has 0 amide bonds. The first kappa shape index (κ1) is 19.1. The van der Waals surface area contributed by atoms with Gasteiger partial charge in [-0.15, -0.1) is 0 Å². The van der Waals surface area contributed by atoms with Gasteiger partial charge in [0, 0.05) is 21.5 Å². The van der Waals surface area contributed by atoms with Crippen molar-refractivity contribution in [3.8, 4) is 0 Å². The second-order valence-corrected chi connectivity index (χ2v) is 11.7. The van der Waals surface area contributed by atoms with Gasteiger partial charge in [0.15, 0.2) is 0 Å². The minimum absolute atomic E-state index is 0.0817. The molecule has 0 saturated heterocycles. The van der Waals surface area contributed by atoms with Gasteiger partial charge in [-0.3, -0.25) is 4.21 Å². The Kier molecular flexibility index (Phi) is 5.16. The van der Waals surface area contributed by atoms with Crippen LogP contribution in [0.1, 0.15) is 71.6 Å². The Morgan fingerprint density at radius 2 is 1.88 bits per heavy atom. The maximum Gasteiger partial charge on any atom is 0.0596 e. The van der Waals surface area contributed by atoms with Gasteiger partial charge in [-0.1, -0.05) is 19.9 Å². The lowest BCUT2D eigenvalue weighted by Crippen LogP contribution is -2.53. The van der Waals surface area contributed by atoms with Gasteiger partial charge in [0.1, 0.15) is 0 Å². The van der Waals surface area contributed by atoms with E-state index >= 15 is 0 Å². The molecule has 0 aromatic rings. The maximum atomic E-state index is 12.6. The molecule has 26 heavy (non-hydrogen) atoms. The minimum Gasteiger partial charge on any atom is -0.393 e. The molecular weight excluding hydrogens is 342 g/mol. The van der Waals surface area contributed by atoms with E-state index in [1.807, 2.05) is 0 Å². The van der Waals surface area contributed by atoms with Crippen LogP contribution in [-0.2, 0) is 10.8 Å².